The number of aromatic nitrogens is 2. The van der Waals surface area contributed by atoms with E-state index in [2.05, 4.69) is 22.0 Å². The second-order valence-corrected chi connectivity index (χ2v) is 4.96. The molecule has 0 spiro atoms. The largest absolute Gasteiger partial charge is 0.389 e. The van der Waals surface area contributed by atoms with Crippen LogP contribution in [0.2, 0.25) is 0 Å². The molecule has 1 saturated heterocycles. The molecule has 2 rings (SSSR count). The van der Waals surface area contributed by atoms with Crippen LogP contribution in [-0.2, 0) is 0 Å². The summed E-state index contributed by atoms with van der Waals surface area (Å²) in [6.45, 7) is 4.30. The lowest BCUT2D eigenvalue weighted by atomic mass is 10.0. The maximum Gasteiger partial charge on any atom is 0.161 e. The summed E-state index contributed by atoms with van der Waals surface area (Å²) in [6, 6.07) is 1.85. The van der Waals surface area contributed by atoms with Gasteiger partial charge in [-0.1, -0.05) is 25.6 Å². The van der Waals surface area contributed by atoms with Crippen molar-refractivity contribution in [2.45, 2.75) is 26.2 Å². The molecule has 2 N–H and O–H groups in total. The molecule has 0 aliphatic carbocycles. The number of nitrogens with two attached hydrogens (primary N) is 1. The van der Waals surface area contributed by atoms with Crippen LogP contribution in [0.25, 0.3) is 0 Å². The molecule has 0 bridgehead atoms. The van der Waals surface area contributed by atoms with Crippen molar-refractivity contribution in [2.75, 3.05) is 18.0 Å². The lowest BCUT2D eigenvalue weighted by Gasteiger charge is -2.19. The standard InChI is InChI=1S/C12H18N4S/c1-2-3-9-5-7-16(8-9)12-10(11(13)17)4-6-14-15-12/h4,6,9H,2-3,5,7-8H2,1H3,(H2,13,17). The summed E-state index contributed by atoms with van der Waals surface area (Å²) in [5.41, 5.74) is 6.55. The minimum atomic E-state index is 0.397. The summed E-state index contributed by atoms with van der Waals surface area (Å²) < 4.78 is 0. The van der Waals surface area contributed by atoms with Gasteiger partial charge in [-0.15, -0.1) is 5.10 Å². The molecule has 1 fully saturated rings. The van der Waals surface area contributed by atoms with Crippen molar-refractivity contribution >= 4 is 23.0 Å². The van der Waals surface area contributed by atoms with E-state index in [0.717, 1.165) is 30.4 Å². The minimum absolute atomic E-state index is 0.397. The van der Waals surface area contributed by atoms with Gasteiger partial charge in [0.15, 0.2) is 5.82 Å². The van der Waals surface area contributed by atoms with Crippen molar-refractivity contribution in [3.63, 3.8) is 0 Å². The fourth-order valence-electron chi connectivity index (χ4n) is 2.42. The van der Waals surface area contributed by atoms with Crippen molar-refractivity contribution < 1.29 is 0 Å². The third-order valence-electron chi connectivity index (χ3n) is 3.25. The van der Waals surface area contributed by atoms with E-state index in [1.165, 1.54) is 19.3 Å². The third kappa shape index (κ3) is 2.72. The van der Waals surface area contributed by atoms with Crippen molar-refractivity contribution in [3.8, 4) is 0 Å². The Morgan fingerprint density at radius 3 is 3.18 bits per heavy atom. The first-order valence-electron chi connectivity index (χ1n) is 6.08. The molecule has 92 valence electrons. The maximum absolute atomic E-state index is 5.71. The van der Waals surface area contributed by atoms with E-state index in [4.69, 9.17) is 18.0 Å². The van der Waals surface area contributed by atoms with Crippen molar-refractivity contribution in [3.05, 3.63) is 17.8 Å². The van der Waals surface area contributed by atoms with Gasteiger partial charge in [0.05, 0.1) is 11.8 Å². The Morgan fingerprint density at radius 1 is 1.65 bits per heavy atom. The second kappa shape index (κ2) is 5.40. The molecule has 0 aromatic carbocycles. The first kappa shape index (κ1) is 12.2. The zero-order chi connectivity index (χ0) is 12.3. The molecular formula is C12H18N4S. The molecule has 4 nitrogen and oxygen atoms in total. The van der Waals surface area contributed by atoms with Gasteiger partial charge in [-0.05, 0) is 24.8 Å². The Bertz CT molecular complexity index is 407. The van der Waals surface area contributed by atoms with Crippen molar-refractivity contribution in [1.29, 1.82) is 0 Å². The Morgan fingerprint density at radius 2 is 2.47 bits per heavy atom. The van der Waals surface area contributed by atoms with E-state index >= 15 is 0 Å². The monoisotopic (exact) mass is 250 g/mol. The Hall–Kier alpha value is -1.23. The molecule has 1 unspecified atom stereocenters. The predicted octanol–water partition coefficient (Wildman–Crippen LogP) is 1.74. The van der Waals surface area contributed by atoms with Crippen LogP contribution in [0.1, 0.15) is 31.7 Å². The second-order valence-electron chi connectivity index (χ2n) is 4.52. The number of nitrogens with zero attached hydrogens (tertiary/aromatic N) is 3. The van der Waals surface area contributed by atoms with Crippen molar-refractivity contribution in [1.82, 2.24) is 10.2 Å². The summed E-state index contributed by atoms with van der Waals surface area (Å²) in [6.07, 6.45) is 5.37. The van der Waals surface area contributed by atoms with E-state index in [9.17, 15) is 0 Å². The third-order valence-corrected chi connectivity index (χ3v) is 3.47. The van der Waals surface area contributed by atoms with E-state index in [1.54, 1.807) is 6.20 Å². The number of hydrogen-bond acceptors (Lipinski definition) is 4. The normalized spacial score (nSPS) is 19.6. The Balaban J connectivity index is 2.16. The fraction of sp³-hybridized carbons (Fsp3) is 0.583. The highest BCUT2D eigenvalue weighted by Crippen LogP contribution is 2.26. The van der Waals surface area contributed by atoms with Crippen LogP contribution in [0.3, 0.4) is 0 Å². The minimum Gasteiger partial charge on any atom is -0.389 e. The molecule has 1 aliphatic heterocycles. The van der Waals surface area contributed by atoms with Gasteiger partial charge < -0.3 is 10.6 Å². The van der Waals surface area contributed by atoms with Gasteiger partial charge in [-0.2, -0.15) is 5.10 Å². The maximum atomic E-state index is 5.71. The summed E-state index contributed by atoms with van der Waals surface area (Å²) in [7, 11) is 0. The predicted molar refractivity (Wildman–Crippen MR) is 73.1 cm³/mol. The molecule has 1 aliphatic rings. The number of anilines is 1. The first-order chi connectivity index (χ1) is 8.22. The van der Waals surface area contributed by atoms with Crippen molar-refractivity contribution in [2.24, 2.45) is 11.7 Å². The molecular weight excluding hydrogens is 232 g/mol. The SMILES string of the molecule is CCCC1CCN(c2nnccc2C(N)=S)C1. The first-order valence-corrected chi connectivity index (χ1v) is 6.49. The van der Waals surface area contributed by atoms with E-state index in [-0.39, 0.29) is 0 Å². The van der Waals surface area contributed by atoms with E-state index < -0.39 is 0 Å². The van der Waals surface area contributed by atoms with E-state index in [0.29, 0.717) is 4.99 Å². The highest BCUT2D eigenvalue weighted by molar-refractivity contribution is 7.80. The number of rotatable bonds is 4. The molecule has 17 heavy (non-hydrogen) atoms. The summed E-state index contributed by atoms with van der Waals surface area (Å²) in [5.74, 6) is 1.61. The van der Waals surface area contributed by atoms with Crippen LogP contribution in [0, 0.1) is 5.92 Å². The average Bonchev–Trinajstić information content (AvgIpc) is 2.78. The molecule has 2 heterocycles. The lowest BCUT2D eigenvalue weighted by Crippen LogP contribution is -2.25. The quantitative estimate of drug-likeness (QED) is 0.825. The highest BCUT2D eigenvalue weighted by Gasteiger charge is 2.25. The topological polar surface area (TPSA) is 55.0 Å². The van der Waals surface area contributed by atoms with Gasteiger partial charge in [-0.3, -0.25) is 0 Å². The molecule has 5 heteroatoms. The molecule has 0 saturated carbocycles. The molecule has 1 aromatic rings. The zero-order valence-electron chi connectivity index (χ0n) is 10.1. The summed E-state index contributed by atoms with van der Waals surface area (Å²) in [5, 5.41) is 8.12. The summed E-state index contributed by atoms with van der Waals surface area (Å²) in [4.78, 5) is 2.65. The van der Waals surface area contributed by atoms with Gasteiger partial charge in [0.25, 0.3) is 0 Å². The van der Waals surface area contributed by atoms with Crippen LogP contribution < -0.4 is 10.6 Å². The van der Waals surface area contributed by atoms with Crippen LogP contribution in [0.5, 0.6) is 0 Å². The molecule has 1 atom stereocenters. The van der Waals surface area contributed by atoms with Gasteiger partial charge in [-0.25, -0.2) is 0 Å². The van der Waals surface area contributed by atoms with Gasteiger partial charge >= 0.3 is 0 Å². The Kier molecular flexibility index (Phi) is 3.89. The lowest BCUT2D eigenvalue weighted by molar-refractivity contribution is 0.529. The van der Waals surface area contributed by atoms with Gasteiger partial charge in [0.2, 0.25) is 0 Å². The molecule has 1 aromatic heterocycles. The van der Waals surface area contributed by atoms with Crippen LogP contribution in [0.4, 0.5) is 5.82 Å². The van der Waals surface area contributed by atoms with Crippen LogP contribution in [0.15, 0.2) is 12.3 Å². The average molecular weight is 250 g/mol. The van der Waals surface area contributed by atoms with Gasteiger partial charge in [0.1, 0.15) is 4.99 Å². The van der Waals surface area contributed by atoms with Gasteiger partial charge in [0, 0.05) is 13.1 Å². The molecule has 0 radical (unpaired) electrons. The number of hydrogen-bond donors (Lipinski definition) is 1. The van der Waals surface area contributed by atoms with Crippen LogP contribution >= 0.6 is 12.2 Å². The fourth-order valence-corrected chi connectivity index (χ4v) is 2.58. The Labute approximate surface area is 107 Å². The molecule has 0 amide bonds. The summed E-state index contributed by atoms with van der Waals surface area (Å²) >= 11 is 5.05. The smallest absolute Gasteiger partial charge is 0.161 e. The highest BCUT2D eigenvalue weighted by atomic mass is 32.1. The van der Waals surface area contributed by atoms with Crippen LogP contribution in [-0.4, -0.2) is 28.3 Å². The van der Waals surface area contributed by atoms with E-state index in [1.807, 2.05) is 6.07 Å². The zero-order valence-corrected chi connectivity index (χ0v) is 10.9. The number of thiocarbonyl (C=S) groups is 1.